The summed E-state index contributed by atoms with van der Waals surface area (Å²) >= 11 is 0. The molecule has 0 spiro atoms. The van der Waals surface area contributed by atoms with Crippen molar-refractivity contribution in [3.8, 4) is 0 Å². The molecule has 0 N–H and O–H groups in total. The van der Waals surface area contributed by atoms with Gasteiger partial charge in [-0.05, 0) is 6.85 Å². The molecule has 0 unspecified atom stereocenters. The van der Waals surface area contributed by atoms with Gasteiger partial charge in [0.1, 0.15) is 0 Å². The molecule has 52 valence electrons. The van der Waals surface area contributed by atoms with Gasteiger partial charge in [0.25, 0.3) is 5.69 Å². The van der Waals surface area contributed by atoms with Crippen LogP contribution in [0.5, 0.6) is 0 Å². The molecule has 0 aliphatic carbocycles. The molecule has 1 rings (SSSR count). The number of nitrogens with zero attached hydrogens (tertiary/aromatic N) is 1. The first-order valence-corrected chi connectivity index (χ1v) is 2.67. The van der Waals surface area contributed by atoms with Crippen LogP contribution in [-0.4, -0.2) is 4.92 Å². The van der Waals surface area contributed by atoms with Crippen LogP contribution >= 0.6 is 0 Å². The summed E-state index contributed by atoms with van der Waals surface area (Å²) in [6.07, 6.45) is 0. The lowest BCUT2D eigenvalue weighted by molar-refractivity contribution is -0.385. The lowest BCUT2D eigenvalue weighted by atomic mass is 10.2. The second-order valence-corrected chi connectivity index (χ2v) is 1.77. The van der Waals surface area contributed by atoms with E-state index >= 15 is 0 Å². The third-order valence-corrected chi connectivity index (χ3v) is 1.10. The first-order valence-electron chi connectivity index (χ1n) is 4.17. The fourth-order valence-electron chi connectivity index (χ4n) is 0.633. The number of benzene rings is 1. The minimum Gasteiger partial charge on any atom is -0.258 e. The Morgan fingerprint density at radius 1 is 1.60 bits per heavy atom. The van der Waals surface area contributed by atoms with Gasteiger partial charge in [-0.2, -0.15) is 0 Å². The molecule has 0 saturated heterocycles. The molecule has 3 nitrogen and oxygen atoms in total. The molecule has 0 heterocycles. The third kappa shape index (κ3) is 1.13. The average Bonchev–Trinajstić information content (AvgIpc) is 2.03. The van der Waals surface area contributed by atoms with Gasteiger partial charge in [0.15, 0.2) is 0 Å². The van der Waals surface area contributed by atoms with Crippen LogP contribution in [-0.2, 0) is 0 Å². The lowest BCUT2D eigenvalue weighted by Crippen LogP contribution is -1.89. The summed E-state index contributed by atoms with van der Waals surface area (Å²) in [5.41, 5.74) is -0.581. The summed E-state index contributed by atoms with van der Waals surface area (Å²) in [5.74, 6) is 0. The fourth-order valence-corrected chi connectivity index (χ4v) is 0.633. The second kappa shape index (κ2) is 2.47. The van der Waals surface area contributed by atoms with Crippen molar-refractivity contribution in [2.45, 2.75) is 6.85 Å². The number of para-hydroxylation sites is 1. The molecular weight excluding hydrogens is 130 g/mol. The van der Waals surface area contributed by atoms with Crippen molar-refractivity contribution in [2.24, 2.45) is 0 Å². The monoisotopic (exact) mass is 140 g/mol. The normalized spacial score (nSPS) is 15.0. The highest BCUT2D eigenvalue weighted by molar-refractivity contribution is 5.38. The molecule has 1 aromatic rings. The van der Waals surface area contributed by atoms with Gasteiger partial charge in [0.05, 0.1) is 4.92 Å². The van der Waals surface area contributed by atoms with Crippen molar-refractivity contribution in [3.63, 3.8) is 0 Å². The highest BCUT2D eigenvalue weighted by Crippen LogP contribution is 2.14. The summed E-state index contributed by atoms with van der Waals surface area (Å²) in [6, 6.07) is 5.33. The Balaban J connectivity index is 3.28. The first kappa shape index (κ1) is 3.71. The van der Waals surface area contributed by atoms with Gasteiger partial charge >= 0.3 is 0 Å². The van der Waals surface area contributed by atoms with E-state index in [1.54, 1.807) is 0 Å². The van der Waals surface area contributed by atoms with E-state index in [9.17, 15) is 10.1 Å². The molecular formula is C7H7NO2. The van der Waals surface area contributed by atoms with Crippen LogP contribution in [0.3, 0.4) is 0 Å². The molecule has 10 heavy (non-hydrogen) atoms. The van der Waals surface area contributed by atoms with Crippen molar-refractivity contribution >= 4 is 5.69 Å². The van der Waals surface area contributed by atoms with Crippen LogP contribution in [0, 0.1) is 17.0 Å². The number of aryl methyl sites for hydroxylation is 1. The molecule has 0 aliphatic rings. The third-order valence-electron chi connectivity index (χ3n) is 1.10. The Kier molecular flexibility index (Phi) is 0.917. The summed E-state index contributed by atoms with van der Waals surface area (Å²) < 4.78 is 21.1. The van der Waals surface area contributed by atoms with Gasteiger partial charge in [0.2, 0.25) is 0 Å². The van der Waals surface area contributed by atoms with Crippen LogP contribution in [0.15, 0.2) is 24.3 Å². The van der Waals surface area contributed by atoms with Gasteiger partial charge in [-0.3, -0.25) is 10.1 Å². The van der Waals surface area contributed by atoms with E-state index in [4.69, 9.17) is 4.11 Å². The van der Waals surface area contributed by atoms with Crippen molar-refractivity contribution in [2.75, 3.05) is 0 Å². The minimum absolute atomic E-state index is 0.222. The summed E-state index contributed by atoms with van der Waals surface area (Å²) in [4.78, 5) is 9.73. The molecule has 0 fully saturated rings. The highest BCUT2D eigenvalue weighted by Gasteiger charge is 2.05. The fraction of sp³-hybridized carbons (Fsp3) is 0.143. The van der Waals surface area contributed by atoms with Crippen molar-refractivity contribution in [3.05, 3.63) is 39.9 Å². The van der Waals surface area contributed by atoms with Crippen LogP contribution in [0.2, 0.25) is 0 Å². The Labute approximate surface area is 62.7 Å². The van der Waals surface area contributed by atoms with Crippen LogP contribution < -0.4 is 0 Å². The number of nitro groups is 1. The topological polar surface area (TPSA) is 43.1 Å². The SMILES string of the molecule is [2H]C([2H])([2H])c1ccccc1[N+](=O)[O-]. The highest BCUT2D eigenvalue weighted by atomic mass is 16.6. The minimum atomic E-state index is -2.43. The largest absolute Gasteiger partial charge is 0.272 e. The van der Waals surface area contributed by atoms with E-state index in [1.165, 1.54) is 24.3 Å². The molecule has 0 bridgehead atoms. The van der Waals surface area contributed by atoms with Crippen molar-refractivity contribution in [1.82, 2.24) is 0 Å². The first-order chi connectivity index (χ1) is 5.93. The Bertz CT molecular complexity index is 335. The molecule has 3 heteroatoms. The summed E-state index contributed by atoms with van der Waals surface area (Å²) in [6.45, 7) is -2.43. The number of nitro benzene ring substituents is 1. The lowest BCUT2D eigenvalue weighted by Gasteiger charge is -1.92. The van der Waals surface area contributed by atoms with Gasteiger partial charge in [-0.25, -0.2) is 0 Å². The number of rotatable bonds is 1. The molecule has 1 aromatic carbocycles. The van der Waals surface area contributed by atoms with Crippen LogP contribution in [0.4, 0.5) is 5.69 Å². The molecule has 0 atom stereocenters. The molecule has 0 aliphatic heterocycles. The molecule has 0 aromatic heterocycles. The van der Waals surface area contributed by atoms with E-state index in [-0.39, 0.29) is 11.3 Å². The molecule has 0 radical (unpaired) electrons. The summed E-state index contributed by atoms with van der Waals surface area (Å²) in [5, 5.41) is 10.4. The van der Waals surface area contributed by atoms with Crippen LogP contribution in [0.1, 0.15) is 9.68 Å². The van der Waals surface area contributed by atoms with Crippen molar-refractivity contribution in [1.29, 1.82) is 0 Å². The molecule has 0 saturated carbocycles. The average molecular weight is 140 g/mol. The van der Waals surface area contributed by atoms with Gasteiger partial charge in [-0.15, -0.1) is 0 Å². The zero-order valence-corrected chi connectivity index (χ0v) is 5.07. The quantitative estimate of drug-likeness (QED) is 0.441. The van der Waals surface area contributed by atoms with E-state index in [1.807, 2.05) is 0 Å². The Morgan fingerprint density at radius 3 is 2.80 bits per heavy atom. The predicted molar refractivity (Wildman–Crippen MR) is 37.8 cm³/mol. The van der Waals surface area contributed by atoms with Gasteiger partial charge < -0.3 is 0 Å². The van der Waals surface area contributed by atoms with E-state index in [2.05, 4.69) is 0 Å². The van der Waals surface area contributed by atoms with Crippen molar-refractivity contribution < 1.29 is 9.04 Å². The Morgan fingerprint density at radius 2 is 2.30 bits per heavy atom. The zero-order chi connectivity index (χ0) is 10.1. The standard InChI is InChI=1S/C7H7NO2/c1-6-4-2-3-5-7(6)8(9)10/h2-5H,1H3/i1D3. The smallest absolute Gasteiger partial charge is 0.258 e. The van der Waals surface area contributed by atoms with E-state index in [0.717, 1.165) is 0 Å². The maximum absolute atomic E-state index is 10.4. The van der Waals surface area contributed by atoms with Gasteiger partial charge in [0, 0.05) is 15.7 Å². The maximum atomic E-state index is 10.4. The van der Waals surface area contributed by atoms with Gasteiger partial charge in [-0.1, -0.05) is 18.2 Å². The Hall–Kier alpha value is -1.38. The second-order valence-electron chi connectivity index (χ2n) is 1.77. The van der Waals surface area contributed by atoms with E-state index < -0.39 is 11.8 Å². The van der Waals surface area contributed by atoms with E-state index in [0.29, 0.717) is 0 Å². The zero-order valence-electron chi connectivity index (χ0n) is 8.07. The number of hydrogen-bond acceptors (Lipinski definition) is 2. The van der Waals surface area contributed by atoms with Crippen LogP contribution in [0.25, 0.3) is 0 Å². The maximum Gasteiger partial charge on any atom is 0.272 e. The molecule has 0 amide bonds. The number of hydrogen-bond donors (Lipinski definition) is 0. The summed E-state index contributed by atoms with van der Waals surface area (Å²) in [7, 11) is 0. The predicted octanol–water partition coefficient (Wildman–Crippen LogP) is 1.90.